The van der Waals surface area contributed by atoms with Crippen molar-refractivity contribution in [3.63, 3.8) is 0 Å². The predicted molar refractivity (Wildman–Crippen MR) is 56.7 cm³/mol. The van der Waals surface area contributed by atoms with Gasteiger partial charge in [-0.05, 0) is 19.4 Å². The Kier molecular flexibility index (Phi) is 4.05. The molecule has 19 heavy (non-hydrogen) atoms. The van der Waals surface area contributed by atoms with Crippen LogP contribution in [0.4, 0.5) is 22.0 Å². The van der Waals surface area contributed by atoms with Gasteiger partial charge in [-0.25, -0.2) is 22.0 Å². The van der Waals surface area contributed by atoms with Crippen LogP contribution in [0.2, 0.25) is 0 Å². The molecule has 1 aliphatic rings. The summed E-state index contributed by atoms with van der Waals surface area (Å²) in [4.78, 5) is 1.51. The molecule has 1 heterocycles. The molecular formula is C12H12F5NO. The fourth-order valence-electron chi connectivity index (χ4n) is 2.30. The maximum Gasteiger partial charge on any atom is 0.200 e. The summed E-state index contributed by atoms with van der Waals surface area (Å²) in [5, 5.41) is 9.07. The lowest BCUT2D eigenvalue weighted by atomic mass is 10.1. The van der Waals surface area contributed by atoms with E-state index in [1.807, 2.05) is 0 Å². The Labute approximate surface area is 106 Å². The molecule has 1 aliphatic heterocycles. The number of likely N-dealkylation sites (tertiary alicyclic amines) is 1. The van der Waals surface area contributed by atoms with Gasteiger partial charge in [0.2, 0.25) is 5.82 Å². The highest BCUT2D eigenvalue weighted by Gasteiger charge is 2.30. The quantitative estimate of drug-likeness (QED) is 0.522. The minimum absolute atomic E-state index is 0.213. The van der Waals surface area contributed by atoms with Crippen molar-refractivity contribution in [2.24, 2.45) is 0 Å². The number of benzene rings is 1. The third-order valence-electron chi connectivity index (χ3n) is 3.37. The molecule has 0 spiro atoms. The van der Waals surface area contributed by atoms with E-state index >= 15 is 0 Å². The molecule has 1 fully saturated rings. The number of rotatable bonds is 3. The zero-order chi connectivity index (χ0) is 14.2. The second-order valence-electron chi connectivity index (χ2n) is 4.50. The first-order chi connectivity index (χ1) is 8.97. The van der Waals surface area contributed by atoms with Crippen LogP contribution in [0, 0.1) is 29.1 Å². The summed E-state index contributed by atoms with van der Waals surface area (Å²) in [6.07, 6.45) is 1.34. The lowest BCUT2D eigenvalue weighted by Crippen LogP contribution is -2.32. The van der Waals surface area contributed by atoms with Gasteiger partial charge in [-0.2, -0.15) is 0 Å². The SMILES string of the molecule is OC[C@H]1CCCN1Cc1c(F)c(F)c(F)c(F)c1F. The molecule has 1 N–H and O–H groups in total. The van der Waals surface area contributed by atoms with E-state index in [2.05, 4.69) is 0 Å². The van der Waals surface area contributed by atoms with Crippen LogP contribution >= 0.6 is 0 Å². The third-order valence-corrected chi connectivity index (χ3v) is 3.37. The molecule has 1 saturated heterocycles. The van der Waals surface area contributed by atoms with E-state index < -0.39 is 41.2 Å². The third kappa shape index (κ3) is 2.44. The Bertz CT molecular complexity index is 464. The van der Waals surface area contributed by atoms with Gasteiger partial charge >= 0.3 is 0 Å². The maximum absolute atomic E-state index is 13.5. The van der Waals surface area contributed by atoms with Crippen molar-refractivity contribution in [2.75, 3.05) is 13.2 Å². The molecule has 1 atom stereocenters. The van der Waals surface area contributed by atoms with Gasteiger partial charge in [0.25, 0.3) is 0 Å². The van der Waals surface area contributed by atoms with Crippen LogP contribution < -0.4 is 0 Å². The minimum atomic E-state index is -2.15. The second kappa shape index (κ2) is 5.42. The molecule has 1 aromatic rings. The normalized spacial score (nSPS) is 20.2. The number of aliphatic hydroxyl groups excluding tert-OH is 1. The molecule has 2 nitrogen and oxygen atoms in total. The molecule has 106 valence electrons. The Morgan fingerprint density at radius 1 is 0.947 bits per heavy atom. The topological polar surface area (TPSA) is 23.5 Å². The number of hydrogen-bond acceptors (Lipinski definition) is 2. The van der Waals surface area contributed by atoms with Crippen molar-refractivity contribution < 1.29 is 27.1 Å². The second-order valence-corrected chi connectivity index (χ2v) is 4.50. The van der Waals surface area contributed by atoms with Gasteiger partial charge in [0.1, 0.15) is 0 Å². The van der Waals surface area contributed by atoms with Crippen molar-refractivity contribution in [1.29, 1.82) is 0 Å². The zero-order valence-corrected chi connectivity index (χ0v) is 9.90. The van der Waals surface area contributed by atoms with Crippen LogP contribution in [0.3, 0.4) is 0 Å². The first-order valence-electron chi connectivity index (χ1n) is 5.82. The summed E-state index contributed by atoms with van der Waals surface area (Å²) in [5.41, 5.74) is -0.850. The molecule has 0 bridgehead atoms. The lowest BCUT2D eigenvalue weighted by Gasteiger charge is -2.23. The molecule has 7 heteroatoms. The molecule has 0 radical (unpaired) electrons. The predicted octanol–water partition coefficient (Wildman–Crippen LogP) is 2.34. The molecule has 0 amide bonds. The number of nitrogens with zero attached hydrogens (tertiary/aromatic N) is 1. The van der Waals surface area contributed by atoms with Gasteiger partial charge in [-0.15, -0.1) is 0 Å². The van der Waals surface area contributed by atoms with E-state index in [1.54, 1.807) is 0 Å². The molecule has 0 aliphatic carbocycles. The Hall–Kier alpha value is -1.21. The van der Waals surface area contributed by atoms with Crippen LogP contribution in [-0.4, -0.2) is 29.2 Å². The summed E-state index contributed by atoms with van der Waals surface area (Å²) >= 11 is 0. The molecular weight excluding hydrogens is 269 g/mol. The van der Waals surface area contributed by atoms with Gasteiger partial charge < -0.3 is 5.11 Å². The summed E-state index contributed by atoms with van der Waals surface area (Å²) in [5.74, 6) is -9.64. The average Bonchev–Trinajstić information content (AvgIpc) is 2.86. The van der Waals surface area contributed by atoms with Gasteiger partial charge in [0, 0.05) is 18.2 Å². The van der Waals surface area contributed by atoms with E-state index in [1.165, 1.54) is 4.90 Å². The molecule has 0 unspecified atom stereocenters. The summed E-state index contributed by atoms with van der Waals surface area (Å²) in [6, 6.07) is -0.310. The minimum Gasteiger partial charge on any atom is -0.395 e. The first kappa shape index (κ1) is 14.2. The highest BCUT2D eigenvalue weighted by atomic mass is 19.2. The Balaban J connectivity index is 2.35. The van der Waals surface area contributed by atoms with Gasteiger partial charge in [-0.1, -0.05) is 0 Å². The van der Waals surface area contributed by atoms with Crippen LogP contribution in [0.15, 0.2) is 0 Å². The Morgan fingerprint density at radius 3 is 2.00 bits per heavy atom. The fourth-order valence-corrected chi connectivity index (χ4v) is 2.30. The van der Waals surface area contributed by atoms with Crippen LogP contribution in [0.1, 0.15) is 18.4 Å². The van der Waals surface area contributed by atoms with Crippen LogP contribution in [0.25, 0.3) is 0 Å². The summed E-state index contributed by atoms with van der Waals surface area (Å²) in [7, 11) is 0. The highest BCUT2D eigenvalue weighted by molar-refractivity contribution is 5.24. The van der Waals surface area contributed by atoms with Crippen LogP contribution in [0.5, 0.6) is 0 Å². The Morgan fingerprint density at radius 2 is 1.47 bits per heavy atom. The molecule has 1 aromatic carbocycles. The van der Waals surface area contributed by atoms with E-state index in [9.17, 15) is 22.0 Å². The first-order valence-corrected chi connectivity index (χ1v) is 5.82. The fraction of sp³-hybridized carbons (Fsp3) is 0.500. The number of hydrogen-bond donors (Lipinski definition) is 1. The van der Waals surface area contributed by atoms with Gasteiger partial charge in [-0.3, -0.25) is 4.90 Å². The zero-order valence-electron chi connectivity index (χ0n) is 9.90. The van der Waals surface area contributed by atoms with E-state index in [-0.39, 0.29) is 12.6 Å². The lowest BCUT2D eigenvalue weighted by molar-refractivity contribution is 0.150. The van der Waals surface area contributed by atoms with E-state index in [4.69, 9.17) is 5.11 Å². The van der Waals surface area contributed by atoms with Crippen LogP contribution in [-0.2, 0) is 6.54 Å². The van der Waals surface area contributed by atoms with Gasteiger partial charge in [0.05, 0.1) is 6.61 Å². The maximum atomic E-state index is 13.5. The van der Waals surface area contributed by atoms with Crippen molar-refractivity contribution in [1.82, 2.24) is 4.90 Å². The van der Waals surface area contributed by atoms with Crippen molar-refractivity contribution >= 4 is 0 Å². The standard InChI is InChI=1S/C12H12F5NO/c13-8-7(4-18-3-1-2-6(18)5-19)9(14)11(16)12(17)10(8)15/h6,19H,1-5H2/t6-/m1/s1. The summed E-state index contributed by atoms with van der Waals surface area (Å²) < 4.78 is 65.9. The monoisotopic (exact) mass is 281 g/mol. The number of aliphatic hydroxyl groups is 1. The highest BCUT2D eigenvalue weighted by Crippen LogP contribution is 2.27. The van der Waals surface area contributed by atoms with E-state index in [0.717, 1.165) is 0 Å². The van der Waals surface area contributed by atoms with Gasteiger partial charge in [0.15, 0.2) is 23.3 Å². The number of halogens is 5. The molecule has 0 saturated carbocycles. The van der Waals surface area contributed by atoms with Crippen molar-refractivity contribution in [2.45, 2.75) is 25.4 Å². The smallest absolute Gasteiger partial charge is 0.200 e. The van der Waals surface area contributed by atoms with Crippen molar-refractivity contribution in [3.05, 3.63) is 34.6 Å². The average molecular weight is 281 g/mol. The summed E-state index contributed by atoms with van der Waals surface area (Å²) in [6.45, 7) is -0.170. The molecule has 2 rings (SSSR count). The molecule has 0 aromatic heterocycles. The van der Waals surface area contributed by atoms with Crippen molar-refractivity contribution in [3.8, 4) is 0 Å². The van der Waals surface area contributed by atoms with E-state index in [0.29, 0.717) is 19.4 Å². The largest absolute Gasteiger partial charge is 0.395 e.